The Balaban J connectivity index is 0.000000142. The van der Waals surface area contributed by atoms with E-state index in [-0.39, 0.29) is 0 Å². The van der Waals surface area contributed by atoms with Crippen molar-refractivity contribution >= 4 is 0 Å². The van der Waals surface area contributed by atoms with Gasteiger partial charge in [-0.1, -0.05) is 58.0 Å². The summed E-state index contributed by atoms with van der Waals surface area (Å²) in [5, 5.41) is 0. The topological polar surface area (TPSA) is 61.3 Å². The molecule has 0 radical (unpaired) electrons. The van der Waals surface area contributed by atoms with Gasteiger partial charge in [0.2, 0.25) is 0 Å². The Hall–Kier alpha value is -1.84. The van der Waals surface area contributed by atoms with Crippen LogP contribution < -0.4 is 16.2 Å². The Kier molecular flexibility index (Phi) is 6.19. The van der Waals surface area contributed by atoms with E-state index < -0.39 is 0 Å². The van der Waals surface area contributed by atoms with Gasteiger partial charge < -0.3 is 16.2 Å². The molecule has 32 heavy (non-hydrogen) atoms. The van der Waals surface area contributed by atoms with Crippen LogP contribution in [-0.4, -0.2) is 19.2 Å². The van der Waals surface area contributed by atoms with Crippen molar-refractivity contribution < 1.29 is 4.74 Å². The van der Waals surface area contributed by atoms with Gasteiger partial charge in [0, 0.05) is 22.9 Å². The van der Waals surface area contributed by atoms with E-state index in [1.54, 1.807) is 7.11 Å². The Morgan fingerprint density at radius 3 is 2.00 bits per heavy atom. The van der Waals surface area contributed by atoms with Gasteiger partial charge in [0.15, 0.2) is 0 Å². The second-order valence-electron chi connectivity index (χ2n) is 10.7. The molecule has 0 heterocycles. The van der Waals surface area contributed by atoms with Crippen LogP contribution in [0, 0.1) is 0 Å². The number of hydrogen-bond donors (Lipinski definition) is 2. The lowest BCUT2D eigenvalue weighted by Gasteiger charge is -2.37. The first-order valence-electron chi connectivity index (χ1n) is 12.6. The van der Waals surface area contributed by atoms with Crippen molar-refractivity contribution in [1.82, 2.24) is 0 Å². The number of aryl methyl sites for hydroxylation is 1. The number of methoxy groups -OCH3 is 1. The van der Waals surface area contributed by atoms with E-state index in [1.165, 1.54) is 60.8 Å². The SMILES string of the molecule is CC.CC1(C)CCC2(CC2N)c2ccccc21.COc1ccc2c(c1)C1(CCC2)CC1N. The van der Waals surface area contributed by atoms with Crippen LogP contribution in [0.3, 0.4) is 0 Å². The van der Waals surface area contributed by atoms with Crippen LogP contribution >= 0.6 is 0 Å². The third kappa shape index (κ3) is 3.78. The zero-order chi connectivity index (χ0) is 23.1. The normalized spacial score (nSPS) is 32.5. The maximum absolute atomic E-state index is 6.14. The number of ether oxygens (including phenoxy) is 1. The molecule has 4 unspecified atom stereocenters. The number of benzene rings is 2. The average molecular weight is 435 g/mol. The van der Waals surface area contributed by atoms with E-state index in [0.29, 0.717) is 28.3 Å². The van der Waals surface area contributed by atoms with Crippen LogP contribution in [0.15, 0.2) is 42.5 Å². The van der Waals surface area contributed by atoms with E-state index in [2.05, 4.69) is 56.3 Å². The molecule has 3 heteroatoms. The van der Waals surface area contributed by atoms with Gasteiger partial charge in [-0.25, -0.2) is 0 Å². The van der Waals surface area contributed by atoms with Crippen molar-refractivity contribution in [2.75, 3.05) is 7.11 Å². The van der Waals surface area contributed by atoms with E-state index in [4.69, 9.17) is 16.2 Å². The molecule has 4 N–H and O–H groups in total. The highest BCUT2D eigenvalue weighted by molar-refractivity contribution is 5.48. The highest BCUT2D eigenvalue weighted by Crippen LogP contribution is 2.58. The van der Waals surface area contributed by atoms with E-state index in [0.717, 1.165) is 12.2 Å². The largest absolute Gasteiger partial charge is 0.497 e. The lowest BCUT2D eigenvalue weighted by molar-refractivity contribution is 0.377. The van der Waals surface area contributed by atoms with Crippen molar-refractivity contribution in [3.63, 3.8) is 0 Å². The second kappa shape index (κ2) is 8.50. The van der Waals surface area contributed by atoms with Crippen LogP contribution in [0.5, 0.6) is 5.75 Å². The molecular formula is C29H42N2O. The van der Waals surface area contributed by atoms with Crippen LogP contribution in [0.4, 0.5) is 0 Å². The molecule has 2 aromatic carbocycles. The first-order chi connectivity index (χ1) is 15.3. The summed E-state index contributed by atoms with van der Waals surface area (Å²) in [6, 6.07) is 16.2. The maximum Gasteiger partial charge on any atom is 0.119 e. The summed E-state index contributed by atoms with van der Waals surface area (Å²) >= 11 is 0. The summed E-state index contributed by atoms with van der Waals surface area (Å²) in [7, 11) is 1.73. The van der Waals surface area contributed by atoms with Gasteiger partial charge in [-0.3, -0.25) is 0 Å². The van der Waals surface area contributed by atoms with E-state index in [9.17, 15) is 0 Å². The molecule has 0 bridgehead atoms. The van der Waals surface area contributed by atoms with E-state index >= 15 is 0 Å². The van der Waals surface area contributed by atoms with Gasteiger partial charge >= 0.3 is 0 Å². The minimum atomic E-state index is 0.308. The number of rotatable bonds is 1. The molecule has 174 valence electrons. The predicted octanol–water partition coefficient (Wildman–Crippen LogP) is 5.75. The second-order valence-corrected chi connectivity index (χ2v) is 10.7. The third-order valence-electron chi connectivity index (χ3n) is 8.58. The Bertz CT molecular complexity index is 967. The summed E-state index contributed by atoms with van der Waals surface area (Å²) < 4.78 is 5.30. The first-order valence-corrected chi connectivity index (χ1v) is 12.6. The molecule has 0 amide bonds. The predicted molar refractivity (Wildman–Crippen MR) is 135 cm³/mol. The molecule has 0 saturated heterocycles. The molecule has 2 saturated carbocycles. The molecule has 4 aliphatic carbocycles. The molecule has 0 aromatic heterocycles. The Morgan fingerprint density at radius 1 is 0.812 bits per heavy atom. The molecule has 3 nitrogen and oxygen atoms in total. The Morgan fingerprint density at radius 2 is 1.41 bits per heavy atom. The molecule has 0 aliphatic heterocycles. The monoisotopic (exact) mass is 434 g/mol. The number of nitrogens with two attached hydrogens (primary N) is 2. The van der Waals surface area contributed by atoms with E-state index in [1.807, 2.05) is 13.8 Å². The standard InChI is InChI=1S/C14H19N.C13H17NO.C2H6/c1-13(2)7-8-14(9-12(14)15)11-6-4-3-5-10(11)13;1-15-10-5-4-9-3-2-6-13(8-12(13)14)11(9)7-10;1-2/h3-6,12H,7-9,15H2,1-2H3;4-5,7,12H,2-3,6,8,14H2,1H3;1-2H3. The molecule has 2 fully saturated rings. The van der Waals surface area contributed by atoms with Gasteiger partial charge in [0.1, 0.15) is 5.75 Å². The quantitative estimate of drug-likeness (QED) is 0.600. The first kappa shape index (κ1) is 23.3. The van der Waals surface area contributed by atoms with Crippen LogP contribution in [0.2, 0.25) is 0 Å². The molecule has 4 atom stereocenters. The smallest absolute Gasteiger partial charge is 0.119 e. The summed E-state index contributed by atoms with van der Waals surface area (Å²) in [5.74, 6) is 0.967. The highest BCUT2D eigenvalue weighted by atomic mass is 16.5. The van der Waals surface area contributed by atoms with Crippen molar-refractivity contribution in [2.45, 2.75) is 101 Å². The highest BCUT2D eigenvalue weighted by Gasteiger charge is 2.57. The maximum atomic E-state index is 6.14. The van der Waals surface area contributed by atoms with Crippen molar-refractivity contribution in [1.29, 1.82) is 0 Å². The summed E-state index contributed by atoms with van der Waals surface area (Å²) in [5.41, 5.74) is 19.2. The van der Waals surface area contributed by atoms with Crippen LogP contribution in [0.25, 0.3) is 0 Å². The van der Waals surface area contributed by atoms with Gasteiger partial charge in [-0.15, -0.1) is 0 Å². The summed E-state index contributed by atoms with van der Waals surface area (Å²) in [6.45, 7) is 8.71. The summed E-state index contributed by atoms with van der Waals surface area (Å²) in [6.07, 6.45) is 8.65. The lowest BCUT2D eigenvalue weighted by atomic mass is 9.67. The fraction of sp³-hybridized carbons (Fsp3) is 0.586. The van der Waals surface area contributed by atoms with Crippen molar-refractivity contribution in [2.24, 2.45) is 11.5 Å². The fourth-order valence-electron chi connectivity index (χ4n) is 6.27. The summed E-state index contributed by atoms with van der Waals surface area (Å²) in [4.78, 5) is 0. The average Bonchev–Trinajstić information content (AvgIpc) is 3.68. The Labute approximate surface area is 194 Å². The molecule has 2 aromatic rings. The number of fused-ring (bicyclic) bond motifs is 4. The van der Waals surface area contributed by atoms with Gasteiger partial charge in [0.25, 0.3) is 0 Å². The third-order valence-corrected chi connectivity index (χ3v) is 8.58. The minimum absolute atomic E-state index is 0.308. The van der Waals surface area contributed by atoms with Crippen molar-refractivity contribution in [3.8, 4) is 5.75 Å². The van der Waals surface area contributed by atoms with Gasteiger partial charge in [0.05, 0.1) is 7.11 Å². The molecular weight excluding hydrogens is 392 g/mol. The van der Waals surface area contributed by atoms with Gasteiger partial charge in [-0.05, 0) is 84.7 Å². The zero-order valence-corrected chi connectivity index (χ0v) is 20.7. The van der Waals surface area contributed by atoms with Crippen molar-refractivity contribution in [3.05, 3.63) is 64.7 Å². The molecule has 6 rings (SSSR count). The van der Waals surface area contributed by atoms with Crippen LogP contribution in [0.1, 0.15) is 88.5 Å². The van der Waals surface area contributed by atoms with Gasteiger partial charge in [-0.2, -0.15) is 0 Å². The zero-order valence-electron chi connectivity index (χ0n) is 20.7. The molecule has 2 spiro atoms. The fourth-order valence-corrected chi connectivity index (χ4v) is 6.27. The van der Waals surface area contributed by atoms with Crippen LogP contribution in [-0.2, 0) is 22.7 Å². The molecule has 4 aliphatic rings. The lowest BCUT2D eigenvalue weighted by Crippen LogP contribution is -2.32. The number of hydrogen-bond acceptors (Lipinski definition) is 3. The minimum Gasteiger partial charge on any atom is -0.497 e.